The molecule has 37 heavy (non-hydrogen) atoms. The average molecular weight is 512 g/mol. The van der Waals surface area contributed by atoms with Gasteiger partial charge in [-0.2, -0.15) is 5.10 Å². The largest absolute Gasteiger partial charge is 0.468 e. The lowest BCUT2D eigenvalue weighted by molar-refractivity contribution is -0.113. The summed E-state index contributed by atoms with van der Waals surface area (Å²) in [6, 6.07) is 26.5. The fourth-order valence-electron chi connectivity index (χ4n) is 4.13. The van der Waals surface area contributed by atoms with E-state index in [2.05, 4.69) is 5.10 Å². The molecule has 0 bridgehead atoms. The molecular formula is C29H22FN3O3S. The molecule has 1 aliphatic heterocycles. The van der Waals surface area contributed by atoms with Crippen molar-refractivity contribution in [2.45, 2.75) is 18.6 Å². The van der Waals surface area contributed by atoms with Crippen LogP contribution in [0.25, 0.3) is 5.57 Å². The number of carbonyl (C=O) groups excluding carboxylic acids is 2. The minimum Gasteiger partial charge on any atom is -0.468 e. The Morgan fingerprint density at radius 2 is 1.62 bits per heavy atom. The number of thioether (sulfide) groups is 1. The molecule has 0 spiro atoms. The molecule has 0 radical (unpaired) electrons. The normalized spacial score (nSPS) is 17.5. The molecular weight excluding hydrogens is 489 g/mol. The smallest absolute Gasteiger partial charge is 0.271 e. The number of hydrogen-bond donors (Lipinski definition) is 0. The van der Waals surface area contributed by atoms with Gasteiger partial charge in [0.25, 0.3) is 11.1 Å². The van der Waals surface area contributed by atoms with Gasteiger partial charge in [0.15, 0.2) is 5.54 Å². The summed E-state index contributed by atoms with van der Waals surface area (Å²) in [5.74, 6) is -1.09. The summed E-state index contributed by atoms with van der Waals surface area (Å²) in [7, 11) is 0. The van der Waals surface area contributed by atoms with Crippen molar-refractivity contribution < 1.29 is 18.7 Å². The first-order valence-corrected chi connectivity index (χ1v) is 12.4. The minimum absolute atomic E-state index is 0.112. The fourth-order valence-corrected chi connectivity index (χ4v) is 5.00. The van der Waals surface area contributed by atoms with E-state index in [9.17, 15) is 9.59 Å². The van der Waals surface area contributed by atoms with E-state index in [0.29, 0.717) is 0 Å². The maximum atomic E-state index is 15.2. The van der Waals surface area contributed by atoms with E-state index in [1.54, 1.807) is 24.3 Å². The molecule has 0 N–H and O–H groups in total. The Hall–Kier alpha value is -4.30. The summed E-state index contributed by atoms with van der Waals surface area (Å²) in [4.78, 5) is 31.7. The molecule has 0 aliphatic carbocycles. The van der Waals surface area contributed by atoms with Crippen LogP contribution in [-0.4, -0.2) is 31.6 Å². The first-order chi connectivity index (χ1) is 18.0. The summed E-state index contributed by atoms with van der Waals surface area (Å²) >= 11 is 0.856. The molecule has 0 saturated carbocycles. The third kappa shape index (κ3) is 5.29. The Balaban J connectivity index is 1.63. The van der Waals surface area contributed by atoms with Gasteiger partial charge < -0.3 is 4.74 Å². The lowest BCUT2D eigenvalue weighted by Gasteiger charge is -2.27. The van der Waals surface area contributed by atoms with E-state index < -0.39 is 17.3 Å². The highest BCUT2D eigenvalue weighted by Gasteiger charge is 2.49. The summed E-state index contributed by atoms with van der Waals surface area (Å²) in [6.07, 6.45) is 4.32. The van der Waals surface area contributed by atoms with Crippen LogP contribution in [0.3, 0.4) is 0 Å². The Kier molecular flexibility index (Phi) is 7.09. The maximum absolute atomic E-state index is 15.2. The third-order valence-electron chi connectivity index (χ3n) is 5.92. The lowest BCUT2D eigenvalue weighted by atomic mass is 9.80. The molecule has 184 valence electrons. The van der Waals surface area contributed by atoms with Crippen molar-refractivity contribution >= 4 is 33.6 Å². The van der Waals surface area contributed by atoms with Crippen LogP contribution in [-0.2, 0) is 22.6 Å². The summed E-state index contributed by atoms with van der Waals surface area (Å²) in [5, 5.41) is 3.80. The zero-order valence-electron chi connectivity index (χ0n) is 19.7. The number of allylic oxidation sites excluding steroid dienone is 1. The van der Waals surface area contributed by atoms with Gasteiger partial charge in [0.2, 0.25) is 5.12 Å². The van der Waals surface area contributed by atoms with Crippen LogP contribution in [0.15, 0.2) is 114 Å². The number of nitrogens with zero attached hydrogens (tertiary/aromatic N) is 3. The predicted molar refractivity (Wildman–Crippen MR) is 141 cm³/mol. The molecule has 5 rings (SSSR count). The zero-order chi connectivity index (χ0) is 25.7. The van der Waals surface area contributed by atoms with Crippen LogP contribution in [0.4, 0.5) is 4.39 Å². The second kappa shape index (κ2) is 10.8. The minimum atomic E-state index is -1.59. The molecule has 4 aromatic rings. The van der Waals surface area contributed by atoms with Crippen molar-refractivity contribution in [1.29, 1.82) is 0 Å². The highest BCUT2D eigenvalue weighted by atomic mass is 32.2. The van der Waals surface area contributed by atoms with Crippen molar-refractivity contribution in [3.05, 3.63) is 132 Å². The number of aromatic nitrogens is 2. The van der Waals surface area contributed by atoms with Gasteiger partial charge in [-0.3, -0.25) is 9.59 Å². The van der Waals surface area contributed by atoms with Gasteiger partial charge in [0.1, 0.15) is 12.4 Å². The van der Waals surface area contributed by atoms with Crippen molar-refractivity contribution in [2.24, 2.45) is 4.99 Å². The van der Waals surface area contributed by atoms with Gasteiger partial charge in [-0.1, -0.05) is 78.9 Å². The SMILES string of the molecule is O=C(/C=C(\c1ccccc1F)[C@@]1(Cc2ccccc2)N=C(OCc2ccccc2)SC1=O)n1cccn1. The Morgan fingerprint density at radius 1 is 0.946 bits per heavy atom. The molecule has 3 aromatic carbocycles. The summed E-state index contributed by atoms with van der Waals surface area (Å²) in [6.45, 7) is 0.215. The number of halogens is 1. The highest BCUT2D eigenvalue weighted by molar-refractivity contribution is 8.26. The summed E-state index contributed by atoms with van der Waals surface area (Å²) < 4.78 is 22.3. The van der Waals surface area contributed by atoms with Gasteiger partial charge in [-0.15, -0.1) is 0 Å². The zero-order valence-corrected chi connectivity index (χ0v) is 20.5. The number of ether oxygens (including phenoxy) is 1. The van der Waals surface area contributed by atoms with E-state index in [-0.39, 0.29) is 34.5 Å². The monoisotopic (exact) mass is 511 g/mol. The van der Waals surface area contributed by atoms with Crippen LogP contribution in [0, 0.1) is 5.82 Å². The predicted octanol–water partition coefficient (Wildman–Crippen LogP) is 5.57. The molecule has 6 nitrogen and oxygen atoms in total. The molecule has 8 heteroatoms. The number of aliphatic imine (C=N–C) groups is 1. The molecule has 1 atom stereocenters. The van der Waals surface area contributed by atoms with Crippen molar-refractivity contribution in [3.63, 3.8) is 0 Å². The van der Waals surface area contributed by atoms with Crippen LogP contribution in [0.2, 0.25) is 0 Å². The number of carbonyl (C=O) groups is 2. The Morgan fingerprint density at radius 3 is 2.30 bits per heavy atom. The molecule has 0 unspecified atom stereocenters. The molecule has 2 heterocycles. The quantitative estimate of drug-likeness (QED) is 0.303. The molecule has 0 saturated heterocycles. The van der Waals surface area contributed by atoms with Crippen LogP contribution < -0.4 is 0 Å². The van der Waals surface area contributed by atoms with E-state index in [1.807, 2.05) is 60.7 Å². The average Bonchev–Trinajstić information content (AvgIpc) is 3.57. The van der Waals surface area contributed by atoms with E-state index >= 15 is 4.39 Å². The van der Waals surface area contributed by atoms with Gasteiger partial charge in [0, 0.05) is 47.8 Å². The first kappa shape index (κ1) is 24.4. The van der Waals surface area contributed by atoms with Crippen molar-refractivity contribution in [3.8, 4) is 0 Å². The second-order valence-electron chi connectivity index (χ2n) is 8.39. The van der Waals surface area contributed by atoms with Crippen LogP contribution in [0.5, 0.6) is 0 Å². The number of benzene rings is 3. The maximum Gasteiger partial charge on any atom is 0.271 e. The second-order valence-corrected chi connectivity index (χ2v) is 9.32. The molecule has 0 fully saturated rings. The van der Waals surface area contributed by atoms with Gasteiger partial charge in [-0.25, -0.2) is 14.1 Å². The molecule has 0 amide bonds. The Bertz CT molecular complexity index is 1470. The topological polar surface area (TPSA) is 73.5 Å². The highest BCUT2D eigenvalue weighted by Crippen LogP contribution is 2.44. The molecule has 1 aromatic heterocycles. The standard InChI is InChI=1S/C29H22FN3O3S/c30-25-15-8-7-14-23(25)24(18-26(34)33-17-9-16-31-33)29(19-21-10-3-1-4-11-21)27(35)37-28(32-29)36-20-22-12-5-2-6-13-22/h1-18H,19-20H2/b24-18+/t29-/m1/s1. The fraction of sp³-hybridized carbons (Fsp3) is 0.103. The van der Waals surface area contributed by atoms with E-state index in [1.165, 1.54) is 24.5 Å². The van der Waals surface area contributed by atoms with Gasteiger partial charge >= 0.3 is 0 Å². The summed E-state index contributed by atoms with van der Waals surface area (Å²) in [5.41, 5.74) is 0.380. The first-order valence-electron chi connectivity index (χ1n) is 11.6. The lowest BCUT2D eigenvalue weighted by Crippen LogP contribution is -2.37. The van der Waals surface area contributed by atoms with Crippen molar-refractivity contribution in [1.82, 2.24) is 9.78 Å². The van der Waals surface area contributed by atoms with Gasteiger partial charge in [0.05, 0.1) is 0 Å². The number of hydrogen-bond acceptors (Lipinski definition) is 6. The van der Waals surface area contributed by atoms with Gasteiger partial charge in [-0.05, 0) is 23.3 Å². The van der Waals surface area contributed by atoms with Crippen LogP contribution >= 0.6 is 11.8 Å². The molecule has 1 aliphatic rings. The van der Waals surface area contributed by atoms with Crippen molar-refractivity contribution in [2.75, 3.05) is 0 Å². The number of rotatable bonds is 7. The van der Waals surface area contributed by atoms with E-state index in [0.717, 1.165) is 27.6 Å². The van der Waals surface area contributed by atoms with E-state index in [4.69, 9.17) is 9.73 Å². The third-order valence-corrected chi connectivity index (χ3v) is 6.82. The van der Waals surface area contributed by atoms with Crippen LogP contribution in [0.1, 0.15) is 21.5 Å². The Labute approximate surface area is 217 Å².